The first-order valence-corrected chi connectivity index (χ1v) is 13.5. The number of likely N-dealkylation sites (tertiary alicyclic amines) is 1. The topological polar surface area (TPSA) is 87.4 Å². The average molecular weight is 595 g/mol. The maximum atomic E-state index is 13.0. The van der Waals surface area contributed by atoms with Crippen molar-refractivity contribution in [1.29, 1.82) is 0 Å². The lowest BCUT2D eigenvalue weighted by Crippen LogP contribution is -2.31. The SMILES string of the molecule is COc1ccc([C@@H](C)N2CC([C@@H](C)Oc3nc(-c4ccc(OC)c(OC)c4)cn4ncc(Br)c34)CC2=O)cc1. The minimum Gasteiger partial charge on any atom is -0.497 e. The lowest BCUT2D eigenvalue weighted by atomic mass is 10.0. The number of hydrogen-bond donors (Lipinski definition) is 0. The van der Waals surface area contributed by atoms with Gasteiger partial charge >= 0.3 is 0 Å². The molecule has 2 aromatic carbocycles. The Morgan fingerprint density at radius 3 is 2.44 bits per heavy atom. The van der Waals surface area contributed by atoms with E-state index in [2.05, 4.69) is 28.0 Å². The molecule has 0 N–H and O–H groups in total. The Morgan fingerprint density at radius 1 is 1.00 bits per heavy atom. The monoisotopic (exact) mass is 594 g/mol. The highest BCUT2D eigenvalue weighted by atomic mass is 79.9. The Bertz CT molecular complexity index is 1490. The van der Waals surface area contributed by atoms with Crippen LogP contribution in [0.4, 0.5) is 0 Å². The summed E-state index contributed by atoms with van der Waals surface area (Å²) in [5.74, 6) is 2.58. The van der Waals surface area contributed by atoms with Crippen LogP contribution in [0.1, 0.15) is 31.9 Å². The van der Waals surface area contributed by atoms with E-state index in [0.29, 0.717) is 36.0 Å². The Morgan fingerprint density at radius 2 is 1.74 bits per heavy atom. The van der Waals surface area contributed by atoms with Crippen molar-refractivity contribution in [1.82, 2.24) is 19.5 Å². The van der Waals surface area contributed by atoms with E-state index < -0.39 is 0 Å². The quantitative estimate of drug-likeness (QED) is 0.250. The zero-order valence-electron chi connectivity index (χ0n) is 22.6. The fraction of sp³-hybridized carbons (Fsp3) is 0.345. The van der Waals surface area contributed by atoms with Crippen LogP contribution in [-0.4, -0.2) is 59.4 Å². The minimum absolute atomic E-state index is 0.00600. The average Bonchev–Trinajstić information content (AvgIpc) is 3.54. The number of fused-ring (bicyclic) bond motifs is 1. The summed E-state index contributed by atoms with van der Waals surface area (Å²) in [6, 6.07) is 13.4. The summed E-state index contributed by atoms with van der Waals surface area (Å²) in [5, 5.41) is 4.46. The van der Waals surface area contributed by atoms with Crippen LogP contribution in [0.25, 0.3) is 16.8 Å². The zero-order valence-corrected chi connectivity index (χ0v) is 24.1. The van der Waals surface area contributed by atoms with Gasteiger partial charge in [0.15, 0.2) is 11.5 Å². The summed E-state index contributed by atoms with van der Waals surface area (Å²) in [4.78, 5) is 19.8. The van der Waals surface area contributed by atoms with Crippen molar-refractivity contribution in [2.75, 3.05) is 27.9 Å². The Hall–Kier alpha value is -3.79. The highest BCUT2D eigenvalue weighted by Crippen LogP contribution is 2.36. The van der Waals surface area contributed by atoms with Gasteiger partial charge in [-0.05, 0) is 65.7 Å². The third kappa shape index (κ3) is 5.25. The van der Waals surface area contributed by atoms with Gasteiger partial charge in [0.25, 0.3) is 0 Å². The molecule has 0 aliphatic carbocycles. The third-order valence-electron chi connectivity index (χ3n) is 7.31. The van der Waals surface area contributed by atoms with Crippen molar-refractivity contribution in [2.24, 2.45) is 5.92 Å². The molecule has 3 heterocycles. The largest absolute Gasteiger partial charge is 0.497 e. The molecule has 10 heteroatoms. The van der Waals surface area contributed by atoms with Crippen LogP contribution in [0, 0.1) is 5.92 Å². The molecular weight excluding hydrogens is 564 g/mol. The van der Waals surface area contributed by atoms with Gasteiger partial charge in [0.2, 0.25) is 11.8 Å². The summed E-state index contributed by atoms with van der Waals surface area (Å²) >= 11 is 3.58. The number of benzene rings is 2. The van der Waals surface area contributed by atoms with Crippen molar-refractivity contribution in [3.05, 3.63) is 64.9 Å². The number of hydrogen-bond acceptors (Lipinski definition) is 7. The molecule has 1 aliphatic rings. The Labute approximate surface area is 235 Å². The van der Waals surface area contributed by atoms with Crippen LogP contribution in [0.2, 0.25) is 0 Å². The molecule has 3 atom stereocenters. The predicted molar refractivity (Wildman–Crippen MR) is 151 cm³/mol. The van der Waals surface area contributed by atoms with E-state index in [1.54, 1.807) is 32.0 Å². The molecule has 1 unspecified atom stereocenters. The molecule has 0 bridgehead atoms. The molecule has 1 amide bonds. The molecule has 1 aliphatic heterocycles. The van der Waals surface area contributed by atoms with Gasteiger partial charge < -0.3 is 23.8 Å². The number of aromatic nitrogens is 3. The lowest BCUT2D eigenvalue weighted by Gasteiger charge is -2.26. The number of nitrogens with zero attached hydrogens (tertiary/aromatic N) is 4. The first-order chi connectivity index (χ1) is 18.8. The molecule has 4 aromatic rings. The number of carbonyl (C=O) groups is 1. The summed E-state index contributed by atoms with van der Waals surface area (Å²) in [6.07, 6.45) is 3.70. The maximum absolute atomic E-state index is 13.0. The normalized spacial score (nSPS) is 16.8. The van der Waals surface area contributed by atoms with Crippen molar-refractivity contribution < 1.29 is 23.7 Å². The van der Waals surface area contributed by atoms with Gasteiger partial charge in [0, 0.05) is 24.4 Å². The molecule has 0 saturated carbocycles. The molecular formula is C29H31BrN4O5. The standard InChI is InChI=1S/C29H31BrN4O5/c1-17(19-6-9-22(36-3)10-7-19)33-15-21(13-27(33)35)18(2)39-29-28-23(30)14-31-34(28)16-24(32-29)20-8-11-25(37-4)26(12-20)38-5/h6-12,14,16-18,21H,13,15H2,1-5H3/t17-,18-,21?/m1/s1. The first-order valence-electron chi connectivity index (χ1n) is 12.7. The van der Waals surface area contributed by atoms with E-state index in [0.717, 1.165) is 26.9 Å². The van der Waals surface area contributed by atoms with Gasteiger partial charge in [-0.25, -0.2) is 9.50 Å². The van der Waals surface area contributed by atoms with Crippen molar-refractivity contribution >= 4 is 27.4 Å². The Kier molecular flexibility index (Phi) is 7.65. The first kappa shape index (κ1) is 26.8. The molecule has 204 valence electrons. The maximum Gasteiger partial charge on any atom is 0.242 e. The fourth-order valence-electron chi connectivity index (χ4n) is 4.95. The highest BCUT2D eigenvalue weighted by Gasteiger charge is 2.37. The van der Waals surface area contributed by atoms with E-state index in [-0.39, 0.29) is 24.0 Å². The van der Waals surface area contributed by atoms with Gasteiger partial charge in [-0.2, -0.15) is 5.10 Å². The van der Waals surface area contributed by atoms with Gasteiger partial charge in [-0.3, -0.25) is 4.79 Å². The van der Waals surface area contributed by atoms with Crippen LogP contribution < -0.4 is 18.9 Å². The molecule has 9 nitrogen and oxygen atoms in total. The number of methoxy groups -OCH3 is 3. The van der Waals surface area contributed by atoms with E-state index in [1.807, 2.05) is 60.5 Å². The second kappa shape index (κ2) is 11.1. The number of carbonyl (C=O) groups excluding carboxylic acids is 1. The van der Waals surface area contributed by atoms with E-state index in [9.17, 15) is 4.79 Å². The molecule has 2 aromatic heterocycles. The molecule has 39 heavy (non-hydrogen) atoms. The number of ether oxygens (including phenoxy) is 4. The summed E-state index contributed by atoms with van der Waals surface area (Å²) in [5.41, 5.74) is 3.28. The number of amides is 1. The van der Waals surface area contributed by atoms with Crippen molar-refractivity contribution in [3.63, 3.8) is 0 Å². The molecule has 0 radical (unpaired) electrons. The smallest absolute Gasteiger partial charge is 0.242 e. The highest BCUT2D eigenvalue weighted by molar-refractivity contribution is 9.10. The van der Waals surface area contributed by atoms with Crippen molar-refractivity contribution in [2.45, 2.75) is 32.4 Å². The van der Waals surface area contributed by atoms with Crippen LogP contribution in [0.5, 0.6) is 23.1 Å². The van der Waals surface area contributed by atoms with Gasteiger partial charge in [0.05, 0.1) is 49.9 Å². The number of halogens is 1. The fourth-order valence-corrected chi connectivity index (χ4v) is 5.39. The van der Waals surface area contributed by atoms with Gasteiger partial charge in [-0.15, -0.1) is 0 Å². The van der Waals surface area contributed by atoms with Crippen LogP contribution in [0.3, 0.4) is 0 Å². The van der Waals surface area contributed by atoms with Gasteiger partial charge in [-0.1, -0.05) is 12.1 Å². The number of rotatable bonds is 9. The summed E-state index contributed by atoms with van der Waals surface area (Å²) in [7, 11) is 4.84. The van der Waals surface area contributed by atoms with Crippen LogP contribution >= 0.6 is 15.9 Å². The van der Waals surface area contributed by atoms with Crippen LogP contribution in [0.15, 0.2) is 59.3 Å². The van der Waals surface area contributed by atoms with Gasteiger partial charge in [0.1, 0.15) is 17.4 Å². The third-order valence-corrected chi connectivity index (χ3v) is 7.90. The second-order valence-corrected chi connectivity index (χ2v) is 10.4. The molecule has 0 spiro atoms. The lowest BCUT2D eigenvalue weighted by molar-refractivity contribution is -0.129. The zero-order chi connectivity index (χ0) is 27.7. The summed E-state index contributed by atoms with van der Waals surface area (Å²) in [6.45, 7) is 4.64. The van der Waals surface area contributed by atoms with E-state index in [4.69, 9.17) is 23.9 Å². The molecule has 1 fully saturated rings. The Balaban J connectivity index is 1.39. The van der Waals surface area contributed by atoms with Crippen LogP contribution in [-0.2, 0) is 4.79 Å². The van der Waals surface area contributed by atoms with Crippen molar-refractivity contribution in [3.8, 4) is 34.4 Å². The van der Waals surface area contributed by atoms with E-state index in [1.165, 1.54) is 0 Å². The predicted octanol–water partition coefficient (Wildman–Crippen LogP) is 5.56. The second-order valence-electron chi connectivity index (χ2n) is 9.57. The summed E-state index contributed by atoms with van der Waals surface area (Å²) < 4.78 is 25.1. The van der Waals surface area contributed by atoms with E-state index >= 15 is 0 Å². The molecule has 1 saturated heterocycles. The molecule has 5 rings (SSSR count). The minimum atomic E-state index is -0.263.